The SMILES string of the molecule is C=NCCNc1ccccc1C. The highest BCUT2D eigenvalue weighted by Crippen LogP contribution is 2.11. The third kappa shape index (κ3) is 2.38. The zero-order valence-electron chi connectivity index (χ0n) is 7.38. The van der Waals surface area contributed by atoms with Gasteiger partial charge < -0.3 is 5.32 Å². The Morgan fingerprint density at radius 2 is 2.17 bits per heavy atom. The maximum atomic E-state index is 3.77. The summed E-state index contributed by atoms with van der Waals surface area (Å²) in [5.41, 5.74) is 2.45. The van der Waals surface area contributed by atoms with Gasteiger partial charge in [-0.2, -0.15) is 0 Å². The van der Waals surface area contributed by atoms with E-state index in [2.05, 4.69) is 36.1 Å². The van der Waals surface area contributed by atoms with Gasteiger partial charge in [0, 0.05) is 12.2 Å². The molecule has 2 heteroatoms. The van der Waals surface area contributed by atoms with Crippen LogP contribution >= 0.6 is 0 Å². The monoisotopic (exact) mass is 162 g/mol. The topological polar surface area (TPSA) is 24.4 Å². The van der Waals surface area contributed by atoms with Gasteiger partial charge in [0.1, 0.15) is 0 Å². The number of para-hydroxylation sites is 1. The van der Waals surface area contributed by atoms with Gasteiger partial charge in [-0.05, 0) is 25.3 Å². The van der Waals surface area contributed by atoms with E-state index in [0.29, 0.717) is 0 Å². The number of nitrogens with one attached hydrogen (secondary N) is 1. The second-order valence-corrected chi connectivity index (χ2v) is 2.69. The minimum Gasteiger partial charge on any atom is -0.383 e. The first-order valence-electron chi connectivity index (χ1n) is 4.06. The summed E-state index contributed by atoms with van der Waals surface area (Å²) in [5.74, 6) is 0. The van der Waals surface area contributed by atoms with Gasteiger partial charge in [-0.3, -0.25) is 4.99 Å². The summed E-state index contributed by atoms with van der Waals surface area (Å²) >= 11 is 0. The first-order chi connectivity index (χ1) is 5.84. The quantitative estimate of drug-likeness (QED) is 0.532. The third-order valence-corrected chi connectivity index (χ3v) is 1.73. The van der Waals surface area contributed by atoms with E-state index < -0.39 is 0 Å². The molecule has 1 aromatic carbocycles. The number of anilines is 1. The number of nitrogens with zero attached hydrogens (tertiary/aromatic N) is 1. The van der Waals surface area contributed by atoms with Gasteiger partial charge in [0.2, 0.25) is 0 Å². The van der Waals surface area contributed by atoms with E-state index in [1.165, 1.54) is 11.3 Å². The van der Waals surface area contributed by atoms with E-state index in [4.69, 9.17) is 0 Å². The Bertz CT molecular complexity index is 256. The van der Waals surface area contributed by atoms with Crippen molar-refractivity contribution in [1.82, 2.24) is 0 Å². The molecule has 0 unspecified atom stereocenters. The van der Waals surface area contributed by atoms with Crippen molar-refractivity contribution in [3.05, 3.63) is 29.8 Å². The van der Waals surface area contributed by atoms with Gasteiger partial charge in [-0.1, -0.05) is 18.2 Å². The molecule has 0 spiro atoms. The lowest BCUT2D eigenvalue weighted by molar-refractivity contribution is 1.03. The van der Waals surface area contributed by atoms with Gasteiger partial charge >= 0.3 is 0 Å². The van der Waals surface area contributed by atoms with Gasteiger partial charge in [-0.25, -0.2) is 0 Å². The van der Waals surface area contributed by atoms with Crippen molar-refractivity contribution in [3.8, 4) is 0 Å². The average molecular weight is 162 g/mol. The number of aliphatic imine (C=N–C) groups is 1. The van der Waals surface area contributed by atoms with Gasteiger partial charge in [-0.15, -0.1) is 0 Å². The largest absolute Gasteiger partial charge is 0.383 e. The molecule has 2 nitrogen and oxygen atoms in total. The second kappa shape index (κ2) is 4.54. The Morgan fingerprint density at radius 1 is 1.42 bits per heavy atom. The first kappa shape index (κ1) is 8.78. The van der Waals surface area contributed by atoms with Crippen molar-refractivity contribution < 1.29 is 0 Å². The Hall–Kier alpha value is -1.31. The van der Waals surface area contributed by atoms with E-state index in [1.54, 1.807) is 0 Å². The van der Waals surface area contributed by atoms with Crippen LogP contribution < -0.4 is 5.32 Å². The molecule has 0 bridgehead atoms. The van der Waals surface area contributed by atoms with Crippen LogP contribution in [0.15, 0.2) is 29.3 Å². The molecule has 0 saturated carbocycles. The summed E-state index contributed by atoms with van der Waals surface area (Å²) in [5, 5.41) is 3.28. The molecule has 0 aliphatic rings. The molecule has 0 aliphatic carbocycles. The lowest BCUT2D eigenvalue weighted by Crippen LogP contribution is -2.05. The summed E-state index contributed by atoms with van der Waals surface area (Å²) < 4.78 is 0. The molecule has 1 aromatic rings. The molecule has 64 valence electrons. The molecule has 12 heavy (non-hydrogen) atoms. The smallest absolute Gasteiger partial charge is 0.0555 e. The number of aryl methyl sites for hydroxylation is 1. The lowest BCUT2D eigenvalue weighted by Gasteiger charge is -2.06. The van der Waals surface area contributed by atoms with Crippen LogP contribution in [0.25, 0.3) is 0 Å². The Morgan fingerprint density at radius 3 is 2.83 bits per heavy atom. The van der Waals surface area contributed by atoms with Crippen molar-refractivity contribution in [2.45, 2.75) is 6.92 Å². The fraction of sp³-hybridized carbons (Fsp3) is 0.300. The Kier molecular flexibility index (Phi) is 3.33. The molecule has 0 radical (unpaired) electrons. The van der Waals surface area contributed by atoms with E-state index in [0.717, 1.165) is 13.1 Å². The van der Waals surface area contributed by atoms with Crippen LogP contribution in [0.4, 0.5) is 5.69 Å². The standard InChI is InChI=1S/C10H14N2/c1-9-5-3-4-6-10(9)12-8-7-11-2/h3-6,12H,2,7-8H2,1H3. The highest BCUT2D eigenvalue weighted by molar-refractivity contribution is 5.50. The maximum absolute atomic E-state index is 3.77. The highest BCUT2D eigenvalue weighted by Gasteiger charge is 1.92. The first-order valence-corrected chi connectivity index (χ1v) is 4.06. The number of hydrogen-bond acceptors (Lipinski definition) is 2. The van der Waals surface area contributed by atoms with E-state index in [1.807, 2.05) is 12.1 Å². The molecular weight excluding hydrogens is 148 g/mol. The molecule has 0 aliphatic heterocycles. The summed E-state index contributed by atoms with van der Waals surface area (Å²) in [6, 6.07) is 8.21. The Labute approximate surface area is 73.3 Å². The van der Waals surface area contributed by atoms with Crippen LogP contribution in [0, 0.1) is 6.92 Å². The van der Waals surface area contributed by atoms with Crippen molar-refractivity contribution in [2.24, 2.45) is 4.99 Å². The fourth-order valence-corrected chi connectivity index (χ4v) is 1.04. The van der Waals surface area contributed by atoms with Crippen molar-refractivity contribution in [2.75, 3.05) is 18.4 Å². The summed E-state index contributed by atoms with van der Waals surface area (Å²) in [6.45, 7) is 7.13. The van der Waals surface area contributed by atoms with Crippen molar-refractivity contribution >= 4 is 12.4 Å². The zero-order valence-corrected chi connectivity index (χ0v) is 7.38. The van der Waals surface area contributed by atoms with Crippen LogP contribution in [-0.2, 0) is 0 Å². The van der Waals surface area contributed by atoms with Crippen molar-refractivity contribution in [1.29, 1.82) is 0 Å². The van der Waals surface area contributed by atoms with Crippen LogP contribution in [0.2, 0.25) is 0 Å². The van der Waals surface area contributed by atoms with E-state index in [9.17, 15) is 0 Å². The van der Waals surface area contributed by atoms with E-state index >= 15 is 0 Å². The van der Waals surface area contributed by atoms with E-state index in [-0.39, 0.29) is 0 Å². The minimum atomic E-state index is 0.758. The second-order valence-electron chi connectivity index (χ2n) is 2.69. The normalized spacial score (nSPS) is 9.42. The molecule has 1 rings (SSSR count). The molecule has 0 heterocycles. The third-order valence-electron chi connectivity index (χ3n) is 1.73. The highest BCUT2D eigenvalue weighted by atomic mass is 14.9. The Balaban J connectivity index is 2.51. The lowest BCUT2D eigenvalue weighted by atomic mass is 10.2. The predicted octanol–water partition coefficient (Wildman–Crippen LogP) is 2.11. The molecule has 0 atom stereocenters. The van der Waals surface area contributed by atoms with Crippen molar-refractivity contribution in [3.63, 3.8) is 0 Å². The van der Waals surface area contributed by atoms with Crippen LogP contribution in [0.3, 0.4) is 0 Å². The van der Waals surface area contributed by atoms with Gasteiger partial charge in [0.25, 0.3) is 0 Å². The summed E-state index contributed by atoms with van der Waals surface area (Å²) in [6.07, 6.45) is 0. The summed E-state index contributed by atoms with van der Waals surface area (Å²) in [7, 11) is 0. The van der Waals surface area contributed by atoms with Crippen LogP contribution in [-0.4, -0.2) is 19.8 Å². The molecule has 0 aromatic heterocycles. The zero-order chi connectivity index (χ0) is 8.81. The molecule has 1 N–H and O–H groups in total. The predicted molar refractivity (Wildman–Crippen MR) is 54.1 cm³/mol. The molecule has 0 saturated heterocycles. The fourth-order valence-electron chi connectivity index (χ4n) is 1.04. The van der Waals surface area contributed by atoms with Crippen LogP contribution in [0.1, 0.15) is 5.56 Å². The average Bonchev–Trinajstić information content (AvgIpc) is 2.09. The molecule has 0 amide bonds. The number of benzene rings is 1. The molecular formula is C10H14N2. The van der Waals surface area contributed by atoms with Crippen LogP contribution in [0.5, 0.6) is 0 Å². The minimum absolute atomic E-state index is 0.758. The van der Waals surface area contributed by atoms with Gasteiger partial charge in [0.05, 0.1) is 6.54 Å². The number of hydrogen-bond donors (Lipinski definition) is 1. The van der Waals surface area contributed by atoms with Gasteiger partial charge in [0.15, 0.2) is 0 Å². The number of rotatable bonds is 4. The maximum Gasteiger partial charge on any atom is 0.0555 e. The molecule has 0 fully saturated rings. The summed E-state index contributed by atoms with van der Waals surface area (Å²) in [4.78, 5) is 3.77.